The fourth-order valence-corrected chi connectivity index (χ4v) is 4.33. The van der Waals surface area contributed by atoms with Crippen molar-refractivity contribution in [3.05, 3.63) is 82.8 Å². The Balaban J connectivity index is 1.52. The van der Waals surface area contributed by atoms with Gasteiger partial charge in [0.05, 0.1) is 17.9 Å². The number of carbonyl (C=O) groups excluding carboxylic acids is 1. The van der Waals surface area contributed by atoms with Crippen molar-refractivity contribution in [2.45, 2.75) is 24.8 Å². The molecule has 6 heteroatoms. The Morgan fingerprint density at radius 3 is 2.75 bits per heavy atom. The number of Topliss-reactive ketones (excluding diaryl/α,β-unsaturated/α-hetero) is 1. The monoisotopic (exact) mass is 410 g/mol. The maximum absolute atomic E-state index is 12.3. The van der Waals surface area contributed by atoms with Gasteiger partial charge in [0.15, 0.2) is 0 Å². The predicted molar refractivity (Wildman–Crippen MR) is 113 cm³/mol. The number of benzene rings is 2. The highest BCUT2D eigenvalue weighted by Gasteiger charge is 2.13. The van der Waals surface area contributed by atoms with Crippen molar-refractivity contribution < 1.29 is 9.32 Å². The molecule has 0 N–H and O–H groups in total. The number of carbonyl (C=O) groups is 1. The molecule has 4 rings (SSSR count). The summed E-state index contributed by atoms with van der Waals surface area (Å²) < 4.78 is 7.22. The fraction of sp³-hybridized carbons (Fsp3) is 0.182. The van der Waals surface area contributed by atoms with Crippen molar-refractivity contribution in [2.75, 3.05) is 5.75 Å². The number of ketones is 1. The largest absolute Gasteiger partial charge is 0.361 e. The van der Waals surface area contributed by atoms with Gasteiger partial charge in [-0.2, -0.15) is 0 Å². The number of hydrogen-bond acceptors (Lipinski definition) is 4. The normalized spacial score (nSPS) is 11.2. The van der Waals surface area contributed by atoms with Gasteiger partial charge >= 0.3 is 0 Å². The van der Waals surface area contributed by atoms with E-state index in [2.05, 4.69) is 28.1 Å². The molecule has 2 aromatic heterocycles. The van der Waals surface area contributed by atoms with Crippen LogP contribution in [0.2, 0.25) is 5.02 Å². The molecule has 0 aliphatic rings. The van der Waals surface area contributed by atoms with E-state index in [1.807, 2.05) is 43.3 Å². The summed E-state index contributed by atoms with van der Waals surface area (Å²) in [6.07, 6.45) is 2.40. The van der Waals surface area contributed by atoms with Gasteiger partial charge in [-0.1, -0.05) is 53.2 Å². The van der Waals surface area contributed by atoms with Crippen molar-refractivity contribution in [1.82, 2.24) is 9.72 Å². The quantitative estimate of drug-likeness (QED) is 0.375. The molecule has 0 unspecified atom stereocenters. The zero-order valence-corrected chi connectivity index (χ0v) is 17.0. The van der Waals surface area contributed by atoms with E-state index < -0.39 is 0 Å². The van der Waals surface area contributed by atoms with E-state index in [0.717, 1.165) is 32.1 Å². The molecule has 0 aliphatic carbocycles. The van der Waals surface area contributed by atoms with Gasteiger partial charge in [-0.25, -0.2) is 0 Å². The summed E-state index contributed by atoms with van der Waals surface area (Å²) in [5.74, 6) is 1.24. The van der Waals surface area contributed by atoms with Crippen LogP contribution in [0, 0.1) is 6.92 Å². The number of aryl methyl sites for hydroxylation is 1. The smallest absolute Gasteiger partial charge is 0.149 e. The van der Waals surface area contributed by atoms with Gasteiger partial charge in [-0.05, 0) is 24.6 Å². The van der Waals surface area contributed by atoms with E-state index in [1.54, 1.807) is 17.8 Å². The molecule has 4 aromatic rings. The standard InChI is InChI=1S/C22H19ClN2O2S/c1-15-10-17(24-27-15)11-18(26)14-28-22-13-25(21-9-5-3-7-19(21)22)12-16-6-2-4-8-20(16)23/h2-10,13H,11-12,14H2,1H3. The average Bonchev–Trinajstić information content (AvgIpc) is 3.25. The lowest BCUT2D eigenvalue weighted by Gasteiger charge is -2.07. The van der Waals surface area contributed by atoms with E-state index in [9.17, 15) is 4.79 Å². The van der Waals surface area contributed by atoms with Crippen LogP contribution in [0.15, 0.2) is 70.2 Å². The molecule has 2 heterocycles. The molecule has 0 saturated carbocycles. The SMILES string of the molecule is Cc1cc(CC(=O)CSc2cn(Cc3ccccc3Cl)c3ccccc23)no1. The van der Waals surface area contributed by atoms with Gasteiger partial charge in [-0.3, -0.25) is 4.79 Å². The Labute approximate surface area is 172 Å². The first kappa shape index (κ1) is 18.8. The Morgan fingerprint density at radius 1 is 1.18 bits per heavy atom. The highest BCUT2D eigenvalue weighted by atomic mass is 35.5. The second-order valence-corrected chi connectivity index (χ2v) is 8.09. The highest BCUT2D eigenvalue weighted by molar-refractivity contribution is 8.00. The topological polar surface area (TPSA) is 48.0 Å². The van der Waals surface area contributed by atoms with Crippen molar-refractivity contribution >= 4 is 40.0 Å². The van der Waals surface area contributed by atoms with Crippen molar-refractivity contribution in [2.24, 2.45) is 0 Å². The fourth-order valence-electron chi connectivity index (χ4n) is 3.18. The molecule has 0 atom stereocenters. The summed E-state index contributed by atoms with van der Waals surface area (Å²) in [5.41, 5.74) is 2.88. The second-order valence-electron chi connectivity index (χ2n) is 6.66. The third-order valence-corrected chi connectivity index (χ3v) is 5.97. The van der Waals surface area contributed by atoms with Gasteiger partial charge < -0.3 is 9.09 Å². The number of nitrogens with zero attached hydrogens (tertiary/aromatic N) is 2. The minimum absolute atomic E-state index is 0.126. The van der Waals surface area contributed by atoms with Crippen LogP contribution in [0.3, 0.4) is 0 Å². The van der Waals surface area contributed by atoms with Crippen LogP contribution in [0.4, 0.5) is 0 Å². The second kappa shape index (κ2) is 8.25. The van der Waals surface area contributed by atoms with Crippen molar-refractivity contribution in [3.8, 4) is 0 Å². The van der Waals surface area contributed by atoms with Gasteiger partial charge in [-0.15, -0.1) is 11.8 Å². The first-order valence-corrected chi connectivity index (χ1v) is 10.3. The van der Waals surface area contributed by atoms with E-state index in [-0.39, 0.29) is 5.78 Å². The van der Waals surface area contributed by atoms with E-state index >= 15 is 0 Å². The van der Waals surface area contributed by atoms with Crippen LogP contribution in [0.5, 0.6) is 0 Å². The van der Waals surface area contributed by atoms with Crippen LogP contribution in [0.1, 0.15) is 17.0 Å². The molecule has 0 radical (unpaired) electrons. The summed E-state index contributed by atoms with van der Waals surface area (Å²) in [5, 5.41) is 5.80. The van der Waals surface area contributed by atoms with E-state index in [4.69, 9.17) is 16.1 Å². The van der Waals surface area contributed by atoms with Gasteiger partial charge in [0, 0.05) is 39.6 Å². The Kier molecular flexibility index (Phi) is 5.55. The molecular weight excluding hydrogens is 392 g/mol. The lowest BCUT2D eigenvalue weighted by atomic mass is 10.2. The Hall–Kier alpha value is -2.50. The maximum Gasteiger partial charge on any atom is 0.149 e. The molecule has 142 valence electrons. The molecule has 0 spiro atoms. The molecule has 0 fully saturated rings. The summed E-state index contributed by atoms with van der Waals surface area (Å²) >= 11 is 7.89. The zero-order valence-electron chi connectivity index (χ0n) is 15.4. The molecule has 4 nitrogen and oxygen atoms in total. The van der Waals surface area contributed by atoms with Gasteiger partial charge in [0.1, 0.15) is 11.5 Å². The molecule has 2 aromatic carbocycles. The Bertz CT molecular complexity index is 1130. The number of thioether (sulfide) groups is 1. The summed E-state index contributed by atoms with van der Waals surface area (Å²) in [7, 11) is 0. The number of hydrogen-bond donors (Lipinski definition) is 0. The average molecular weight is 411 g/mol. The third kappa shape index (κ3) is 4.16. The lowest BCUT2D eigenvalue weighted by molar-refractivity contribution is -0.116. The summed E-state index contributed by atoms with van der Waals surface area (Å²) in [6, 6.07) is 17.9. The van der Waals surface area contributed by atoms with Crippen LogP contribution >= 0.6 is 23.4 Å². The summed E-state index contributed by atoms with van der Waals surface area (Å²) in [6.45, 7) is 2.51. The van der Waals surface area contributed by atoms with Crippen LogP contribution in [-0.4, -0.2) is 21.3 Å². The number of para-hydroxylation sites is 1. The minimum Gasteiger partial charge on any atom is -0.361 e. The first-order chi connectivity index (χ1) is 13.6. The molecule has 0 amide bonds. The van der Waals surface area contributed by atoms with Crippen molar-refractivity contribution in [3.63, 3.8) is 0 Å². The zero-order chi connectivity index (χ0) is 19.5. The molecule has 0 bridgehead atoms. The third-order valence-electron chi connectivity index (χ3n) is 4.49. The van der Waals surface area contributed by atoms with Crippen LogP contribution in [-0.2, 0) is 17.8 Å². The number of aromatic nitrogens is 2. The maximum atomic E-state index is 12.3. The Morgan fingerprint density at radius 2 is 1.96 bits per heavy atom. The lowest BCUT2D eigenvalue weighted by Crippen LogP contribution is -2.05. The molecule has 28 heavy (non-hydrogen) atoms. The number of fused-ring (bicyclic) bond motifs is 1. The number of rotatable bonds is 7. The van der Waals surface area contributed by atoms with Crippen LogP contribution < -0.4 is 0 Å². The van der Waals surface area contributed by atoms with Gasteiger partial charge in [0.25, 0.3) is 0 Å². The highest BCUT2D eigenvalue weighted by Crippen LogP contribution is 2.31. The molecule has 0 saturated heterocycles. The van der Waals surface area contributed by atoms with Crippen LogP contribution in [0.25, 0.3) is 10.9 Å². The number of halogens is 1. The molecule has 0 aliphatic heterocycles. The summed E-state index contributed by atoms with van der Waals surface area (Å²) in [4.78, 5) is 13.4. The van der Waals surface area contributed by atoms with Crippen molar-refractivity contribution in [1.29, 1.82) is 0 Å². The first-order valence-electron chi connectivity index (χ1n) is 8.98. The van der Waals surface area contributed by atoms with E-state index in [0.29, 0.717) is 24.4 Å². The minimum atomic E-state index is 0.126. The predicted octanol–water partition coefficient (Wildman–Crippen LogP) is 5.54. The van der Waals surface area contributed by atoms with E-state index in [1.165, 1.54) is 0 Å². The molecular formula is C22H19ClN2O2S. The van der Waals surface area contributed by atoms with Gasteiger partial charge in [0.2, 0.25) is 0 Å².